The first-order valence-corrected chi connectivity index (χ1v) is 4.56. The zero-order chi connectivity index (χ0) is 8.48. The maximum Gasteiger partial charge on any atom is 0.278 e. The molecule has 1 saturated heterocycles. The second kappa shape index (κ2) is 2.76. The van der Waals surface area contributed by atoms with Gasteiger partial charge in [0.2, 0.25) is 5.91 Å². The van der Waals surface area contributed by atoms with Crippen molar-refractivity contribution >= 4 is 16.0 Å². The van der Waals surface area contributed by atoms with Gasteiger partial charge in [0, 0.05) is 6.54 Å². The van der Waals surface area contributed by atoms with Crippen LogP contribution in [-0.2, 0) is 14.9 Å². The highest BCUT2D eigenvalue weighted by molar-refractivity contribution is 7.85. The van der Waals surface area contributed by atoms with Crippen LogP contribution in [0.25, 0.3) is 0 Å². The summed E-state index contributed by atoms with van der Waals surface area (Å²) in [4.78, 5) is 10.5. The number of carbonyl (C=O) groups is 1. The van der Waals surface area contributed by atoms with Crippen molar-refractivity contribution in [3.63, 3.8) is 0 Å². The van der Waals surface area contributed by atoms with Gasteiger partial charge >= 0.3 is 0 Å². The third-order valence-electron chi connectivity index (χ3n) is 1.31. The molecule has 1 rings (SSSR count). The fourth-order valence-corrected chi connectivity index (χ4v) is 1.07. The van der Waals surface area contributed by atoms with Crippen molar-refractivity contribution in [1.29, 1.82) is 0 Å². The fraction of sp³-hybridized carbons (Fsp3) is 0.750. The fourth-order valence-electron chi connectivity index (χ4n) is 0.658. The lowest BCUT2D eigenvalue weighted by Crippen LogP contribution is -2.61. The van der Waals surface area contributed by atoms with Crippen molar-refractivity contribution in [2.24, 2.45) is 0 Å². The molecule has 0 aromatic heterocycles. The maximum atomic E-state index is 10.5. The van der Waals surface area contributed by atoms with Crippen molar-refractivity contribution in [3.8, 4) is 0 Å². The van der Waals surface area contributed by atoms with Gasteiger partial charge in [-0.05, 0) is 0 Å². The second-order valence-electron chi connectivity index (χ2n) is 2.23. The number of rotatable bonds is 3. The molecule has 1 heterocycles. The van der Waals surface area contributed by atoms with Crippen LogP contribution in [0.3, 0.4) is 0 Å². The van der Waals surface area contributed by atoms with Crippen LogP contribution < -0.4 is 10.6 Å². The van der Waals surface area contributed by atoms with E-state index in [0.717, 1.165) is 0 Å². The standard InChI is InChI=1S/C4H8N2O4S/c7-4-3(1-5-4)6-2-11(8,9)10/h3,6H,1-2H2,(H,5,7)(H,8,9,10). The zero-order valence-corrected chi connectivity index (χ0v) is 6.39. The summed E-state index contributed by atoms with van der Waals surface area (Å²) in [6, 6.07) is -0.475. The van der Waals surface area contributed by atoms with E-state index in [-0.39, 0.29) is 5.91 Å². The Bertz CT molecular complexity index is 259. The minimum absolute atomic E-state index is 0.242. The van der Waals surface area contributed by atoms with Crippen LogP contribution in [0.4, 0.5) is 0 Å². The normalized spacial score (nSPS) is 24.1. The Morgan fingerprint density at radius 2 is 2.36 bits per heavy atom. The molecule has 64 valence electrons. The summed E-state index contributed by atoms with van der Waals surface area (Å²) in [6.07, 6.45) is 0. The lowest BCUT2D eigenvalue weighted by molar-refractivity contribution is -0.128. The van der Waals surface area contributed by atoms with E-state index in [1.807, 2.05) is 0 Å². The third kappa shape index (κ3) is 2.45. The summed E-state index contributed by atoms with van der Waals surface area (Å²) in [7, 11) is -4.01. The Hall–Kier alpha value is -0.660. The number of nitrogens with one attached hydrogen (secondary N) is 2. The zero-order valence-electron chi connectivity index (χ0n) is 5.57. The topological polar surface area (TPSA) is 95.5 Å². The van der Waals surface area contributed by atoms with Crippen LogP contribution >= 0.6 is 0 Å². The largest absolute Gasteiger partial charge is 0.353 e. The first-order chi connectivity index (χ1) is 4.99. The average molecular weight is 180 g/mol. The Morgan fingerprint density at radius 1 is 1.73 bits per heavy atom. The van der Waals surface area contributed by atoms with E-state index in [2.05, 4.69) is 10.6 Å². The van der Waals surface area contributed by atoms with E-state index >= 15 is 0 Å². The van der Waals surface area contributed by atoms with E-state index in [9.17, 15) is 13.2 Å². The summed E-state index contributed by atoms with van der Waals surface area (Å²) < 4.78 is 28.5. The van der Waals surface area contributed by atoms with Crippen molar-refractivity contribution in [2.45, 2.75) is 6.04 Å². The van der Waals surface area contributed by atoms with E-state index in [4.69, 9.17) is 4.55 Å². The molecule has 7 heteroatoms. The Balaban J connectivity index is 2.28. The van der Waals surface area contributed by atoms with Gasteiger partial charge in [0.1, 0.15) is 11.9 Å². The average Bonchev–Trinajstić information content (AvgIpc) is 1.82. The van der Waals surface area contributed by atoms with Gasteiger partial charge in [-0.25, -0.2) is 0 Å². The minimum atomic E-state index is -4.01. The van der Waals surface area contributed by atoms with Gasteiger partial charge in [0.05, 0.1) is 0 Å². The van der Waals surface area contributed by atoms with E-state index in [1.54, 1.807) is 0 Å². The molecular formula is C4H8N2O4S. The molecule has 1 amide bonds. The lowest BCUT2D eigenvalue weighted by Gasteiger charge is -2.25. The third-order valence-corrected chi connectivity index (χ3v) is 1.84. The Kier molecular flexibility index (Phi) is 2.12. The molecule has 1 aliphatic rings. The minimum Gasteiger partial charge on any atom is -0.353 e. The molecule has 1 atom stereocenters. The summed E-state index contributed by atoms with van der Waals surface area (Å²) in [6.45, 7) is 0.411. The van der Waals surface area contributed by atoms with E-state index in [0.29, 0.717) is 6.54 Å². The molecule has 1 fully saturated rings. The van der Waals surface area contributed by atoms with Crippen LogP contribution in [0.1, 0.15) is 0 Å². The summed E-state index contributed by atoms with van der Waals surface area (Å²) in [5.41, 5.74) is 0. The lowest BCUT2D eigenvalue weighted by atomic mass is 10.2. The molecule has 6 nitrogen and oxygen atoms in total. The number of amides is 1. The molecule has 1 unspecified atom stereocenters. The molecule has 3 N–H and O–H groups in total. The molecule has 0 bridgehead atoms. The predicted molar refractivity (Wildman–Crippen MR) is 36.3 cm³/mol. The number of hydrogen-bond acceptors (Lipinski definition) is 4. The smallest absolute Gasteiger partial charge is 0.278 e. The summed E-state index contributed by atoms with van der Waals surface area (Å²) >= 11 is 0. The van der Waals surface area contributed by atoms with Gasteiger partial charge in [0.25, 0.3) is 10.1 Å². The maximum absolute atomic E-state index is 10.5. The molecular weight excluding hydrogens is 172 g/mol. The highest BCUT2D eigenvalue weighted by atomic mass is 32.2. The van der Waals surface area contributed by atoms with Crippen LogP contribution in [0.2, 0.25) is 0 Å². The highest BCUT2D eigenvalue weighted by Crippen LogP contribution is 1.93. The van der Waals surface area contributed by atoms with Gasteiger partial charge in [-0.15, -0.1) is 0 Å². The first kappa shape index (κ1) is 8.44. The summed E-state index contributed by atoms with van der Waals surface area (Å²) in [5, 5.41) is 4.78. The van der Waals surface area contributed by atoms with Gasteiger partial charge in [-0.2, -0.15) is 8.42 Å². The van der Waals surface area contributed by atoms with Crippen molar-refractivity contribution in [3.05, 3.63) is 0 Å². The van der Waals surface area contributed by atoms with Gasteiger partial charge in [0.15, 0.2) is 0 Å². The SMILES string of the molecule is O=C1NCC1NCS(=O)(=O)O. The number of carbonyl (C=O) groups excluding carboxylic acids is 1. The monoisotopic (exact) mass is 180 g/mol. The molecule has 0 aromatic rings. The number of hydrogen-bond donors (Lipinski definition) is 3. The van der Waals surface area contributed by atoms with Crippen LogP contribution in [0.5, 0.6) is 0 Å². The van der Waals surface area contributed by atoms with Gasteiger partial charge in [-0.3, -0.25) is 14.7 Å². The Morgan fingerprint density at radius 3 is 2.64 bits per heavy atom. The predicted octanol–water partition coefficient (Wildman–Crippen LogP) is -2.08. The van der Waals surface area contributed by atoms with Crippen LogP contribution in [0.15, 0.2) is 0 Å². The van der Waals surface area contributed by atoms with E-state index < -0.39 is 22.0 Å². The van der Waals surface area contributed by atoms with Crippen molar-refractivity contribution < 1.29 is 17.8 Å². The second-order valence-corrected chi connectivity index (χ2v) is 3.68. The van der Waals surface area contributed by atoms with Crippen LogP contribution in [-0.4, -0.2) is 37.3 Å². The molecule has 0 aromatic carbocycles. The summed E-state index contributed by atoms with van der Waals surface area (Å²) in [5.74, 6) is -0.820. The molecule has 0 aliphatic carbocycles. The molecule has 0 radical (unpaired) electrons. The van der Waals surface area contributed by atoms with Gasteiger partial charge < -0.3 is 5.32 Å². The Labute approximate surface area is 63.7 Å². The first-order valence-electron chi connectivity index (χ1n) is 2.95. The molecule has 1 aliphatic heterocycles. The van der Waals surface area contributed by atoms with Gasteiger partial charge in [-0.1, -0.05) is 0 Å². The molecule has 0 spiro atoms. The highest BCUT2D eigenvalue weighted by Gasteiger charge is 2.27. The van der Waals surface area contributed by atoms with Crippen LogP contribution in [0, 0.1) is 0 Å². The quantitative estimate of drug-likeness (QED) is 0.342. The molecule has 11 heavy (non-hydrogen) atoms. The van der Waals surface area contributed by atoms with Crippen molar-refractivity contribution in [2.75, 3.05) is 12.4 Å². The number of β-lactam (4-membered cyclic amide) rings is 1. The van der Waals surface area contributed by atoms with E-state index in [1.165, 1.54) is 0 Å². The van der Waals surface area contributed by atoms with Crippen molar-refractivity contribution in [1.82, 2.24) is 10.6 Å². The molecule has 0 saturated carbocycles.